The Kier molecular flexibility index (Phi) is 6.49. The van der Waals surface area contributed by atoms with E-state index in [2.05, 4.69) is 18.9 Å². The molecular formula is C19H24FN3O3. The number of carboxylic acids is 1. The minimum Gasteiger partial charge on any atom is -0.480 e. The Balaban J connectivity index is 2.29. The molecule has 0 unspecified atom stereocenters. The second-order valence-corrected chi connectivity index (χ2v) is 6.24. The quantitative estimate of drug-likeness (QED) is 0.782. The summed E-state index contributed by atoms with van der Waals surface area (Å²) in [6.45, 7) is 5.58. The van der Waals surface area contributed by atoms with Crippen molar-refractivity contribution in [2.24, 2.45) is 0 Å². The lowest BCUT2D eigenvalue weighted by molar-refractivity contribution is -0.137. The Labute approximate surface area is 152 Å². The summed E-state index contributed by atoms with van der Waals surface area (Å²) in [5.74, 6) is -1.89. The van der Waals surface area contributed by atoms with Gasteiger partial charge in [-0.1, -0.05) is 26.0 Å². The van der Waals surface area contributed by atoms with Gasteiger partial charge in [-0.3, -0.25) is 14.3 Å². The molecule has 1 N–H and O–H groups in total. The first-order chi connectivity index (χ1) is 12.4. The van der Waals surface area contributed by atoms with Gasteiger partial charge < -0.3 is 10.0 Å². The van der Waals surface area contributed by atoms with E-state index in [9.17, 15) is 14.0 Å². The molecule has 0 aliphatic carbocycles. The maximum absolute atomic E-state index is 13.1. The molecule has 2 aromatic rings. The number of hydrogen-bond donors (Lipinski definition) is 1. The summed E-state index contributed by atoms with van der Waals surface area (Å²) in [5, 5.41) is 13.5. The fourth-order valence-electron chi connectivity index (χ4n) is 2.98. The van der Waals surface area contributed by atoms with Crippen molar-refractivity contribution in [2.45, 2.75) is 46.2 Å². The molecule has 0 bridgehead atoms. The molecule has 0 atom stereocenters. The summed E-state index contributed by atoms with van der Waals surface area (Å²) in [4.78, 5) is 25.4. The number of carbonyl (C=O) groups excluding carboxylic acids is 1. The second kappa shape index (κ2) is 8.60. The minimum atomic E-state index is -1.11. The molecule has 0 spiro atoms. The van der Waals surface area contributed by atoms with Crippen molar-refractivity contribution in [3.63, 3.8) is 0 Å². The Morgan fingerprint density at radius 1 is 1.23 bits per heavy atom. The van der Waals surface area contributed by atoms with Gasteiger partial charge in [0.2, 0.25) is 0 Å². The summed E-state index contributed by atoms with van der Waals surface area (Å²) in [5.41, 5.74) is 1.77. The standard InChI is InChI=1S/C19H24FN3O3/c1-4-16(5-2)23-13(3)17(10-21-23)19(26)22(12-18(24)25)11-14-6-8-15(20)9-7-14/h6-10,16H,4-5,11-12H2,1-3H3,(H,24,25). The highest BCUT2D eigenvalue weighted by atomic mass is 19.1. The molecule has 2 rings (SSSR count). The van der Waals surface area contributed by atoms with E-state index < -0.39 is 18.4 Å². The number of rotatable bonds is 8. The molecule has 0 saturated heterocycles. The van der Waals surface area contributed by atoms with Gasteiger partial charge in [0.15, 0.2) is 0 Å². The molecule has 0 aliphatic rings. The van der Waals surface area contributed by atoms with Crippen LogP contribution in [-0.4, -0.2) is 38.2 Å². The lowest BCUT2D eigenvalue weighted by Gasteiger charge is -2.21. The summed E-state index contributed by atoms with van der Waals surface area (Å²) in [6.07, 6.45) is 3.28. The fourth-order valence-corrected chi connectivity index (χ4v) is 2.98. The molecule has 7 heteroatoms. The van der Waals surface area contributed by atoms with E-state index in [1.54, 1.807) is 0 Å². The number of carbonyl (C=O) groups is 2. The average Bonchev–Trinajstić information content (AvgIpc) is 2.98. The zero-order chi connectivity index (χ0) is 19.3. The first kappa shape index (κ1) is 19.6. The van der Waals surface area contributed by atoms with Crippen LogP contribution in [0.2, 0.25) is 0 Å². The average molecular weight is 361 g/mol. The van der Waals surface area contributed by atoms with E-state index in [-0.39, 0.29) is 18.4 Å². The first-order valence-electron chi connectivity index (χ1n) is 8.66. The van der Waals surface area contributed by atoms with Gasteiger partial charge in [-0.05, 0) is 37.5 Å². The third-order valence-electron chi connectivity index (χ3n) is 4.46. The minimum absolute atomic E-state index is 0.0843. The molecule has 0 saturated carbocycles. The van der Waals surface area contributed by atoms with Crippen LogP contribution < -0.4 is 0 Å². The predicted molar refractivity (Wildman–Crippen MR) is 95.4 cm³/mol. The van der Waals surface area contributed by atoms with Crippen molar-refractivity contribution in [3.05, 3.63) is 53.1 Å². The third-order valence-corrected chi connectivity index (χ3v) is 4.46. The highest BCUT2D eigenvalue weighted by molar-refractivity contribution is 5.96. The SMILES string of the molecule is CCC(CC)n1ncc(C(=O)N(CC(=O)O)Cc2ccc(F)cc2)c1C. The number of nitrogens with zero attached hydrogens (tertiary/aromatic N) is 3. The van der Waals surface area contributed by atoms with Crippen LogP contribution in [0.15, 0.2) is 30.5 Å². The van der Waals surface area contributed by atoms with Crippen molar-refractivity contribution in [3.8, 4) is 0 Å². The lowest BCUT2D eigenvalue weighted by atomic mass is 10.1. The molecule has 0 fully saturated rings. The normalized spacial score (nSPS) is 11.0. The number of aliphatic carboxylic acids is 1. The van der Waals surface area contributed by atoms with Crippen LogP contribution in [0.1, 0.15) is 54.3 Å². The van der Waals surface area contributed by atoms with Crippen LogP contribution >= 0.6 is 0 Å². The van der Waals surface area contributed by atoms with Crippen LogP contribution in [0.4, 0.5) is 4.39 Å². The first-order valence-corrected chi connectivity index (χ1v) is 8.66. The van der Waals surface area contributed by atoms with Crippen LogP contribution in [0.5, 0.6) is 0 Å². The van der Waals surface area contributed by atoms with E-state index >= 15 is 0 Å². The molecule has 1 amide bonds. The van der Waals surface area contributed by atoms with Gasteiger partial charge in [-0.25, -0.2) is 4.39 Å². The predicted octanol–water partition coefficient (Wildman–Crippen LogP) is 3.42. The zero-order valence-electron chi connectivity index (χ0n) is 15.3. The fraction of sp³-hybridized carbons (Fsp3) is 0.421. The Morgan fingerprint density at radius 3 is 2.38 bits per heavy atom. The smallest absolute Gasteiger partial charge is 0.323 e. The van der Waals surface area contributed by atoms with Gasteiger partial charge in [0.1, 0.15) is 12.4 Å². The maximum atomic E-state index is 13.1. The van der Waals surface area contributed by atoms with Gasteiger partial charge >= 0.3 is 5.97 Å². The van der Waals surface area contributed by atoms with Crippen LogP contribution in [-0.2, 0) is 11.3 Å². The number of hydrogen-bond acceptors (Lipinski definition) is 3. The van der Waals surface area contributed by atoms with Crippen molar-refractivity contribution < 1.29 is 19.1 Å². The summed E-state index contributed by atoms with van der Waals surface area (Å²) in [7, 11) is 0. The number of amides is 1. The molecule has 1 heterocycles. The molecule has 0 aliphatic heterocycles. The van der Waals surface area contributed by atoms with Crippen LogP contribution in [0.25, 0.3) is 0 Å². The number of aromatic nitrogens is 2. The van der Waals surface area contributed by atoms with Gasteiger partial charge in [-0.2, -0.15) is 5.10 Å². The highest BCUT2D eigenvalue weighted by Gasteiger charge is 2.24. The topological polar surface area (TPSA) is 75.4 Å². The van der Waals surface area contributed by atoms with Crippen molar-refractivity contribution in [1.82, 2.24) is 14.7 Å². The number of halogens is 1. The summed E-state index contributed by atoms with van der Waals surface area (Å²) < 4.78 is 14.9. The second-order valence-electron chi connectivity index (χ2n) is 6.24. The molecule has 140 valence electrons. The van der Waals surface area contributed by atoms with Crippen LogP contribution in [0.3, 0.4) is 0 Å². The Hall–Kier alpha value is -2.70. The highest BCUT2D eigenvalue weighted by Crippen LogP contribution is 2.21. The van der Waals surface area contributed by atoms with Crippen molar-refractivity contribution in [1.29, 1.82) is 0 Å². The summed E-state index contributed by atoms with van der Waals surface area (Å²) >= 11 is 0. The molecule has 1 aromatic heterocycles. The maximum Gasteiger partial charge on any atom is 0.323 e. The van der Waals surface area contributed by atoms with Crippen molar-refractivity contribution >= 4 is 11.9 Å². The van der Waals surface area contributed by atoms with Crippen LogP contribution in [0, 0.1) is 12.7 Å². The van der Waals surface area contributed by atoms with E-state index in [1.807, 2.05) is 11.6 Å². The molecule has 1 aromatic carbocycles. The number of carboxylic acid groups (broad SMARTS) is 1. The van der Waals surface area contributed by atoms with Gasteiger partial charge in [0.25, 0.3) is 5.91 Å². The monoisotopic (exact) mass is 361 g/mol. The number of benzene rings is 1. The Bertz CT molecular complexity index is 767. The van der Waals surface area contributed by atoms with Crippen molar-refractivity contribution in [2.75, 3.05) is 6.54 Å². The molecular weight excluding hydrogens is 337 g/mol. The van der Waals surface area contributed by atoms with Gasteiger partial charge in [0, 0.05) is 12.2 Å². The van der Waals surface area contributed by atoms with Gasteiger partial charge in [0.05, 0.1) is 17.8 Å². The Morgan fingerprint density at radius 2 is 1.85 bits per heavy atom. The lowest BCUT2D eigenvalue weighted by Crippen LogP contribution is -2.35. The van der Waals surface area contributed by atoms with Gasteiger partial charge in [-0.15, -0.1) is 0 Å². The van der Waals surface area contributed by atoms with E-state index in [1.165, 1.54) is 35.4 Å². The van der Waals surface area contributed by atoms with E-state index in [0.717, 1.165) is 18.5 Å². The summed E-state index contributed by atoms with van der Waals surface area (Å²) in [6, 6.07) is 5.85. The zero-order valence-corrected chi connectivity index (χ0v) is 15.3. The van der Waals surface area contributed by atoms with E-state index in [0.29, 0.717) is 11.1 Å². The molecule has 6 nitrogen and oxygen atoms in total. The van der Waals surface area contributed by atoms with E-state index in [4.69, 9.17) is 5.11 Å². The third kappa shape index (κ3) is 4.47. The molecule has 0 radical (unpaired) electrons. The largest absolute Gasteiger partial charge is 0.480 e. The molecule has 26 heavy (non-hydrogen) atoms.